The van der Waals surface area contributed by atoms with Crippen LogP contribution in [-0.4, -0.2) is 66.6 Å². The van der Waals surface area contributed by atoms with Gasteiger partial charge in [-0.1, -0.05) is 30.3 Å². The summed E-state index contributed by atoms with van der Waals surface area (Å²) in [5.41, 5.74) is 7.45. The Morgan fingerprint density at radius 1 is 0.842 bits per heavy atom. The molecule has 38 heavy (non-hydrogen) atoms. The number of carbonyl (C=O) groups excluding carboxylic acids is 1. The van der Waals surface area contributed by atoms with Gasteiger partial charge in [-0.2, -0.15) is 4.98 Å². The summed E-state index contributed by atoms with van der Waals surface area (Å²) >= 11 is 0. The van der Waals surface area contributed by atoms with Crippen molar-refractivity contribution < 1.29 is 24.5 Å². The van der Waals surface area contributed by atoms with Crippen molar-refractivity contribution in [3.05, 3.63) is 72.3 Å². The summed E-state index contributed by atoms with van der Waals surface area (Å²) in [6.07, 6.45) is 0. The topological polar surface area (TPSA) is 135 Å². The number of piperazine rings is 1. The van der Waals surface area contributed by atoms with Crippen molar-refractivity contribution in [1.29, 1.82) is 0 Å². The fraction of sp³-hybridized carbons (Fsp3) is 0.222. The van der Waals surface area contributed by atoms with E-state index in [1.165, 1.54) is 0 Å². The van der Waals surface area contributed by atoms with Gasteiger partial charge in [0.05, 0.1) is 25.3 Å². The lowest BCUT2D eigenvalue weighted by Gasteiger charge is -2.35. The SMILES string of the molecule is COc1cc2nc(N3CCN(C(=O)c4ccccc4Oc4ccccc4)CC3)nc(N)c2cc1OC.Cl.O. The quantitative estimate of drug-likeness (QED) is 0.393. The largest absolute Gasteiger partial charge is 0.493 e. The van der Waals surface area contributed by atoms with E-state index in [9.17, 15) is 4.79 Å². The van der Waals surface area contributed by atoms with Crippen LogP contribution in [0.2, 0.25) is 0 Å². The van der Waals surface area contributed by atoms with Crippen LogP contribution < -0.4 is 24.8 Å². The van der Waals surface area contributed by atoms with Crippen molar-refractivity contribution in [2.45, 2.75) is 0 Å². The van der Waals surface area contributed by atoms with E-state index < -0.39 is 0 Å². The number of rotatable bonds is 6. The van der Waals surface area contributed by atoms with Gasteiger partial charge >= 0.3 is 0 Å². The molecule has 3 aromatic carbocycles. The Morgan fingerprint density at radius 3 is 2.16 bits per heavy atom. The summed E-state index contributed by atoms with van der Waals surface area (Å²) in [6.45, 7) is 2.19. The lowest BCUT2D eigenvalue weighted by Crippen LogP contribution is -2.49. The molecule has 1 amide bonds. The Kier molecular flexibility index (Phi) is 9.16. The van der Waals surface area contributed by atoms with E-state index in [1.807, 2.05) is 58.3 Å². The number of methoxy groups -OCH3 is 2. The van der Waals surface area contributed by atoms with Gasteiger partial charge in [0.1, 0.15) is 17.3 Å². The van der Waals surface area contributed by atoms with Crippen LogP contribution >= 0.6 is 12.4 Å². The molecule has 0 atom stereocenters. The number of nitrogens with zero attached hydrogens (tertiary/aromatic N) is 4. The standard InChI is InChI=1S/C27H27N5O4.ClH.H2O/c1-34-23-16-20-21(17-24(23)35-2)29-27(30-25(20)28)32-14-12-31(13-15-32)26(33)19-10-6-7-11-22(19)36-18-8-4-3-5-9-18;;/h3-11,16-17H,12-15H2,1-2H3,(H2,28,29,30);1H;1H2. The van der Waals surface area contributed by atoms with Crippen molar-refractivity contribution >= 4 is 41.0 Å². The molecule has 1 aliphatic heterocycles. The molecule has 0 radical (unpaired) electrons. The molecule has 0 saturated carbocycles. The van der Waals surface area contributed by atoms with Crippen LogP contribution in [0.25, 0.3) is 10.9 Å². The van der Waals surface area contributed by atoms with Crippen molar-refractivity contribution in [3.8, 4) is 23.0 Å². The van der Waals surface area contributed by atoms with Crippen molar-refractivity contribution in [3.63, 3.8) is 0 Å². The minimum absolute atomic E-state index is 0. The number of benzene rings is 3. The number of hydrogen-bond acceptors (Lipinski definition) is 8. The lowest BCUT2D eigenvalue weighted by atomic mass is 10.1. The molecule has 4 aromatic rings. The summed E-state index contributed by atoms with van der Waals surface area (Å²) in [5.74, 6) is 3.16. The Morgan fingerprint density at radius 2 is 1.47 bits per heavy atom. The molecule has 10 nitrogen and oxygen atoms in total. The number of nitrogens with two attached hydrogens (primary N) is 1. The number of aromatic nitrogens is 2. The number of anilines is 2. The number of ether oxygens (including phenoxy) is 3. The fourth-order valence-electron chi connectivity index (χ4n) is 4.24. The van der Waals surface area contributed by atoms with Crippen LogP contribution in [0.3, 0.4) is 0 Å². The zero-order valence-corrected chi connectivity index (χ0v) is 21.9. The third-order valence-corrected chi connectivity index (χ3v) is 6.16. The Hall–Kier alpha value is -4.28. The number of carbonyl (C=O) groups is 1. The van der Waals surface area contributed by atoms with Crippen molar-refractivity contribution in [2.75, 3.05) is 51.0 Å². The summed E-state index contributed by atoms with van der Waals surface area (Å²) < 4.78 is 16.8. The van der Waals surface area contributed by atoms with E-state index in [1.54, 1.807) is 32.4 Å². The normalized spacial score (nSPS) is 12.8. The van der Waals surface area contributed by atoms with Crippen LogP contribution in [-0.2, 0) is 0 Å². The third kappa shape index (κ3) is 5.66. The molecule has 1 fully saturated rings. The number of fused-ring (bicyclic) bond motifs is 1. The highest BCUT2D eigenvalue weighted by atomic mass is 35.5. The Balaban J connectivity index is 0.00000200. The van der Waals surface area contributed by atoms with E-state index in [-0.39, 0.29) is 23.8 Å². The Labute approximate surface area is 226 Å². The molecule has 200 valence electrons. The monoisotopic (exact) mass is 539 g/mol. The summed E-state index contributed by atoms with van der Waals surface area (Å²) in [6, 6.07) is 20.3. The van der Waals surface area contributed by atoms with Crippen LogP contribution in [0.15, 0.2) is 66.7 Å². The van der Waals surface area contributed by atoms with Crippen molar-refractivity contribution in [1.82, 2.24) is 14.9 Å². The van der Waals surface area contributed by atoms with Crippen LogP contribution in [0.4, 0.5) is 11.8 Å². The molecular weight excluding hydrogens is 510 g/mol. The summed E-state index contributed by atoms with van der Waals surface area (Å²) in [7, 11) is 3.15. The van der Waals surface area contributed by atoms with E-state index >= 15 is 0 Å². The second kappa shape index (κ2) is 12.3. The maximum absolute atomic E-state index is 13.4. The minimum atomic E-state index is -0.0723. The van der Waals surface area contributed by atoms with Gasteiger partial charge in [0.15, 0.2) is 11.5 Å². The summed E-state index contributed by atoms with van der Waals surface area (Å²) in [5, 5.41) is 0.695. The molecule has 2 heterocycles. The van der Waals surface area contributed by atoms with Gasteiger partial charge in [0.2, 0.25) is 5.95 Å². The highest BCUT2D eigenvalue weighted by molar-refractivity contribution is 5.97. The lowest BCUT2D eigenvalue weighted by molar-refractivity contribution is 0.0743. The Bertz CT molecular complexity index is 1400. The summed E-state index contributed by atoms with van der Waals surface area (Å²) in [4.78, 5) is 26.4. The minimum Gasteiger partial charge on any atom is -0.493 e. The maximum atomic E-state index is 13.4. The molecule has 1 aliphatic rings. The number of para-hydroxylation sites is 2. The highest BCUT2D eigenvalue weighted by Gasteiger charge is 2.26. The molecule has 0 bridgehead atoms. The van der Waals surface area contributed by atoms with Crippen molar-refractivity contribution in [2.24, 2.45) is 0 Å². The number of hydrogen-bond donors (Lipinski definition) is 1. The van der Waals surface area contributed by atoms with Crippen LogP contribution in [0.1, 0.15) is 10.4 Å². The van der Waals surface area contributed by atoms with E-state index in [2.05, 4.69) is 4.98 Å². The molecule has 11 heteroatoms. The average molecular weight is 540 g/mol. The molecule has 0 spiro atoms. The van der Waals surface area contributed by atoms with E-state index in [0.29, 0.717) is 77.4 Å². The number of amides is 1. The van der Waals surface area contributed by atoms with Crippen LogP contribution in [0.5, 0.6) is 23.0 Å². The first-order chi connectivity index (χ1) is 17.6. The van der Waals surface area contributed by atoms with Gasteiger partial charge in [0.25, 0.3) is 5.91 Å². The molecule has 4 N–H and O–H groups in total. The van der Waals surface area contributed by atoms with Gasteiger partial charge in [-0.3, -0.25) is 4.79 Å². The van der Waals surface area contributed by atoms with E-state index in [0.717, 1.165) is 0 Å². The zero-order valence-electron chi connectivity index (χ0n) is 21.1. The van der Waals surface area contributed by atoms with Gasteiger partial charge in [-0.05, 0) is 30.3 Å². The van der Waals surface area contributed by atoms with Gasteiger partial charge in [-0.25, -0.2) is 4.98 Å². The average Bonchev–Trinajstić information content (AvgIpc) is 2.93. The second-order valence-electron chi connectivity index (χ2n) is 8.32. The smallest absolute Gasteiger partial charge is 0.257 e. The molecule has 1 saturated heterocycles. The molecule has 5 rings (SSSR count). The maximum Gasteiger partial charge on any atom is 0.257 e. The molecular formula is C27H30ClN5O5. The first-order valence-corrected chi connectivity index (χ1v) is 11.6. The predicted molar refractivity (Wildman–Crippen MR) is 149 cm³/mol. The fourth-order valence-corrected chi connectivity index (χ4v) is 4.24. The zero-order chi connectivity index (χ0) is 25.1. The first kappa shape index (κ1) is 28.3. The number of halogens is 1. The van der Waals surface area contributed by atoms with Gasteiger partial charge < -0.3 is 35.2 Å². The molecule has 0 aliphatic carbocycles. The van der Waals surface area contributed by atoms with E-state index in [4.69, 9.17) is 24.9 Å². The van der Waals surface area contributed by atoms with Gasteiger partial charge in [-0.15, -0.1) is 12.4 Å². The third-order valence-electron chi connectivity index (χ3n) is 6.16. The molecule has 1 aromatic heterocycles. The number of nitrogen functional groups attached to an aromatic ring is 1. The first-order valence-electron chi connectivity index (χ1n) is 11.6. The highest BCUT2D eigenvalue weighted by Crippen LogP contribution is 2.34. The second-order valence-corrected chi connectivity index (χ2v) is 8.32. The molecule has 0 unspecified atom stereocenters. The van der Waals surface area contributed by atoms with Crippen LogP contribution in [0, 0.1) is 0 Å². The predicted octanol–water partition coefficient (Wildman–Crippen LogP) is 3.58. The van der Waals surface area contributed by atoms with Gasteiger partial charge in [0, 0.05) is 37.6 Å².